The van der Waals surface area contributed by atoms with E-state index in [0.29, 0.717) is 12.4 Å². The lowest BCUT2D eigenvalue weighted by Gasteiger charge is -2.16. The highest BCUT2D eigenvalue weighted by atomic mass is 16.5. The van der Waals surface area contributed by atoms with Crippen molar-refractivity contribution >= 4 is 17.6 Å². The smallest absolute Gasteiger partial charge is 0.338 e. The van der Waals surface area contributed by atoms with Gasteiger partial charge >= 0.3 is 11.7 Å². The Morgan fingerprint density at radius 2 is 1.74 bits per heavy atom. The number of hydrogen-bond donors (Lipinski definition) is 1. The van der Waals surface area contributed by atoms with Gasteiger partial charge in [-0.05, 0) is 29.7 Å². The predicted molar refractivity (Wildman–Crippen MR) is 127 cm³/mol. The Labute approximate surface area is 196 Å². The van der Waals surface area contributed by atoms with Gasteiger partial charge in [0.05, 0.1) is 5.56 Å². The second-order valence-electron chi connectivity index (χ2n) is 8.21. The summed E-state index contributed by atoms with van der Waals surface area (Å²) in [5, 5.41) is 0. The van der Waals surface area contributed by atoms with Crippen molar-refractivity contribution in [3.63, 3.8) is 0 Å². The number of nitrogens with zero attached hydrogens (tertiary/aromatic N) is 2. The van der Waals surface area contributed by atoms with E-state index in [-0.39, 0.29) is 29.4 Å². The van der Waals surface area contributed by atoms with Crippen LogP contribution in [0.15, 0.2) is 64.2 Å². The maximum atomic E-state index is 12.7. The van der Waals surface area contributed by atoms with Gasteiger partial charge in [-0.25, -0.2) is 9.59 Å². The molecule has 0 amide bonds. The standard InChI is InChI=1S/C25H27N3O6/c1-16(2)13-28-22(26)21(23(30)27(3)25(28)32)20(29)15-34-24(31)18-10-7-11-19(12-18)33-14-17-8-5-4-6-9-17/h4-12,16H,13-15,26H2,1-3H3. The quantitative estimate of drug-likeness (QED) is 0.380. The largest absolute Gasteiger partial charge is 0.489 e. The fraction of sp³-hybridized carbons (Fsp3) is 0.280. The van der Waals surface area contributed by atoms with Gasteiger partial charge in [0.15, 0.2) is 6.61 Å². The van der Waals surface area contributed by atoms with Crippen molar-refractivity contribution in [3.8, 4) is 5.75 Å². The van der Waals surface area contributed by atoms with Gasteiger partial charge in [-0.1, -0.05) is 50.2 Å². The highest BCUT2D eigenvalue weighted by Crippen LogP contribution is 2.16. The number of esters is 1. The number of benzene rings is 2. The molecule has 178 valence electrons. The summed E-state index contributed by atoms with van der Waals surface area (Å²) in [6.45, 7) is 3.60. The normalized spacial score (nSPS) is 10.8. The molecule has 0 atom stereocenters. The molecule has 34 heavy (non-hydrogen) atoms. The van der Waals surface area contributed by atoms with E-state index in [9.17, 15) is 19.2 Å². The van der Waals surface area contributed by atoms with Crippen LogP contribution in [0.5, 0.6) is 5.75 Å². The molecule has 0 fully saturated rings. The minimum absolute atomic E-state index is 0.0506. The Kier molecular flexibility index (Phi) is 7.68. The van der Waals surface area contributed by atoms with Crippen LogP contribution in [0.2, 0.25) is 0 Å². The first-order valence-corrected chi connectivity index (χ1v) is 10.8. The summed E-state index contributed by atoms with van der Waals surface area (Å²) in [4.78, 5) is 50.2. The van der Waals surface area contributed by atoms with E-state index in [2.05, 4.69) is 0 Å². The van der Waals surface area contributed by atoms with E-state index in [1.807, 2.05) is 44.2 Å². The second-order valence-corrected chi connectivity index (χ2v) is 8.21. The summed E-state index contributed by atoms with van der Waals surface area (Å²) in [7, 11) is 1.27. The SMILES string of the molecule is CC(C)Cn1c(N)c(C(=O)COC(=O)c2cccc(OCc3ccccc3)c2)c(=O)n(C)c1=O. The summed E-state index contributed by atoms with van der Waals surface area (Å²) in [5.74, 6) is -1.28. The van der Waals surface area contributed by atoms with Gasteiger partial charge in [-0.15, -0.1) is 0 Å². The molecule has 0 radical (unpaired) electrons. The molecule has 0 spiro atoms. The van der Waals surface area contributed by atoms with Crippen LogP contribution in [0.4, 0.5) is 5.82 Å². The lowest BCUT2D eigenvalue weighted by atomic mass is 10.1. The molecule has 0 saturated heterocycles. The van der Waals surface area contributed by atoms with Crippen molar-refractivity contribution in [2.75, 3.05) is 12.3 Å². The molecule has 0 aliphatic carbocycles. The Morgan fingerprint density at radius 3 is 2.41 bits per heavy atom. The van der Waals surface area contributed by atoms with Gasteiger partial charge in [0.1, 0.15) is 23.7 Å². The first-order valence-electron chi connectivity index (χ1n) is 10.8. The zero-order chi connectivity index (χ0) is 24.8. The van der Waals surface area contributed by atoms with Crippen molar-refractivity contribution in [2.24, 2.45) is 13.0 Å². The Balaban J connectivity index is 1.72. The fourth-order valence-electron chi connectivity index (χ4n) is 3.33. The molecule has 3 aromatic rings. The van der Waals surface area contributed by atoms with Gasteiger partial charge in [0.25, 0.3) is 5.56 Å². The molecule has 0 aliphatic rings. The number of nitrogens with two attached hydrogens (primary N) is 1. The number of ether oxygens (including phenoxy) is 2. The van der Waals surface area contributed by atoms with E-state index in [1.165, 1.54) is 23.7 Å². The summed E-state index contributed by atoms with van der Waals surface area (Å²) in [5.41, 5.74) is 5.32. The summed E-state index contributed by atoms with van der Waals surface area (Å²) >= 11 is 0. The number of hydrogen-bond acceptors (Lipinski definition) is 7. The third-order valence-electron chi connectivity index (χ3n) is 5.06. The van der Waals surface area contributed by atoms with Crippen LogP contribution < -0.4 is 21.7 Å². The maximum absolute atomic E-state index is 12.7. The number of carbonyl (C=O) groups excluding carboxylic acids is 2. The zero-order valence-corrected chi connectivity index (χ0v) is 19.3. The van der Waals surface area contributed by atoms with Crippen LogP contribution >= 0.6 is 0 Å². The molecule has 0 bridgehead atoms. The zero-order valence-electron chi connectivity index (χ0n) is 19.3. The maximum Gasteiger partial charge on any atom is 0.338 e. The molecule has 3 rings (SSSR count). The van der Waals surface area contributed by atoms with E-state index in [4.69, 9.17) is 15.2 Å². The number of aromatic nitrogens is 2. The third kappa shape index (κ3) is 5.61. The van der Waals surface area contributed by atoms with Crippen LogP contribution in [-0.2, 0) is 24.9 Å². The topological polar surface area (TPSA) is 123 Å². The minimum Gasteiger partial charge on any atom is -0.489 e. The van der Waals surface area contributed by atoms with Gasteiger partial charge in [-0.3, -0.25) is 18.7 Å². The molecule has 9 nitrogen and oxygen atoms in total. The van der Waals surface area contributed by atoms with Crippen LogP contribution in [0.1, 0.15) is 40.1 Å². The third-order valence-corrected chi connectivity index (χ3v) is 5.06. The Morgan fingerprint density at radius 1 is 1.03 bits per heavy atom. The van der Waals surface area contributed by atoms with Crippen molar-refractivity contribution in [3.05, 3.63) is 92.1 Å². The first-order chi connectivity index (χ1) is 16.2. The molecule has 2 aromatic carbocycles. The van der Waals surface area contributed by atoms with Crippen LogP contribution in [0, 0.1) is 5.92 Å². The summed E-state index contributed by atoms with van der Waals surface area (Å²) in [6.07, 6.45) is 0. The minimum atomic E-state index is -0.833. The number of ketones is 1. The molecular weight excluding hydrogens is 438 g/mol. The Bertz CT molecular complexity index is 1310. The number of anilines is 1. The van der Waals surface area contributed by atoms with Crippen molar-refractivity contribution < 1.29 is 19.1 Å². The summed E-state index contributed by atoms with van der Waals surface area (Å²) < 4.78 is 12.8. The molecule has 1 aromatic heterocycles. The van der Waals surface area contributed by atoms with Crippen molar-refractivity contribution in [1.82, 2.24) is 9.13 Å². The fourth-order valence-corrected chi connectivity index (χ4v) is 3.33. The number of nitrogen functional groups attached to an aromatic ring is 1. The van der Waals surface area contributed by atoms with Crippen LogP contribution in [0.3, 0.4) is 0 Å². The average Bonchev–Trinajstić information content (AvgIpc) is 2.83. The van der Waals surface area contributed by atoms with E-state index in [1.54, 1.807) is 12.1 Å². The van der Waals surface area contributed by atoms with Crippen molar-refractivity contribution in [1.29, 1.82) is 0 Å². The molecule has 1 heterocycles. The number of Topliss-reactive ketones (excluding diaryl/α,β-unsaturated/α-hetero) is 1. The molecule has 0 aliphatic heterocycles. The van der Waals surface area contributed by atoms with E-state index in [0.717, 1.165) is 10.1 Å². The molecular formula is C25H27N3O6. The van der Waals surface area contributed by atoms with Crippen LogP contribution in [0.25, 0.3) is 0 Å². The number of carbonyl (C=O) groups is 2. The predicted octanol–water partition coefficient (Wildman–Crippen LogP) is 2.40. The van der Waals surface area contributed by atoms with Gasteiger partial charge < -0.3 is 15.2 Å². The van der Waals surface area contributed by atoms with Crippen LogP contribution in [-0.4, -0.2) is 27.5 Å². The van der Waals surface area contributed by atoms with Gasteiger partial charge in [0.2, 0.25) is 5.78 Å². The monoisotopic (exact) mass is 465 g/mol. The highest BCUT2D eigenvalue weighted by molar-refractivity contribution is 6.02. The van der Waals surface area contributed by atoms with E-state index < -0.39 is 29.6 Å². The summed E-state index contributed by atoms with van der Waals surface area (Å²) in [6, 6.07) is 15.9. The average molecular weight is 466 g/mol. The van der Waals surface area contributed by atoms with Crippen molar-refractivity contribution in [2.45, 2.75) is 27.0 Å². The van der Waals surface area contributed by atoms with Gasteiger partial charge in [-0.2, -0.15) is 0 Å². The van der Waals surface area contributed by atoms with Gasteiger partial charge in [0, 0.05) is 13.6 Å². The second kappa shape index (κ2) is 10.7. The molecule has 0 unspecified atom stereocenters. The highest BCUT2D eigenvalue weighted by Gasteiger charge is 2.23. The van der Waals surface area contributed by atoms with E-state index >= 15 is 0 Å². The lowest BCUT2D eigenvalue weighted by molar-refractivity contribution is 0.0473. The molecule has 2 N–H and O–H groups in total. The molecule has 0 saturated carbocycles. The number of rotatable bonds is 9. The first kappa shape index (κ1) is 24.5. The Hall–Kier alpha value is -4.14. The molecule has 9 heteroatoms. The lowest BCUT2D eigenvalue weighted by Crippen LogP contribution is -2.43.